The van der Waals surface area contributed by atoms with Gasteiger partial charge in [-0.25, -0.2) is 9.38 Å². The Hall–Kier alpha value is -2.68. The average Bonchev–Trinajstić information content (AvgIpc) is 3.27. The molecule has 30 heavy (non-hydrogen) atoms. The normalized spacial score (nSPS) is 26.1. The molecule has 1 aromatic carbocycles. The van der Waals surface area contributed by atoms with Gasteiger partial charge >= 0.3 is 0 Å². The molecule has 0 bridgehead atoms. The molecule has 1 aromatic heterocycles. The summed E-state index contributed by atoms with van der Waals surface area (Å²) in [7, 11) is 0. The van der Waals surface area contributed by atoms with Gasteiger partial charge in [-0.1, -0.05) is 6.58 Å². The molecule has 0 spiro atoms. The number of aromatic nitrogens is 1. The molecular formula is C22H27FN4O3. The first kappa shape index (κ1) is 20.6. The lowest BCUT2D eigenvalue weighted by Crippen LogP contribution is -2.35. The number of aliphatic hydroxyl groups excluding tert-OH is 2. The molecule has 1 aliphatic heterocycles. The average molecular weight is 414 g/mol. The highest BCUT2D eigenvalue weighted by molar-refractivity contribution is 5.73. The van der Waals surface area contributed by atoms with Gasteiger partial charge in [0, 0.05) is 42.2 Å². The molecule has 1 fully saturated rings. The predicted octanol–water partition coefficient (Wildman–Crippen LogP) is 2.04. The third-order valence-corrected chi connectivity index (χ3v) is 5.90. The van der Waals surface area contributed by atoms with Crippen LogP contribution in [0.1, 0.15) is 36.1 Å². The third kappa shape index (κ3) is 3.51. The van der Waals surface area contributed by atoms with Gasteiger partial charge in [-0.2, -0.15) is 0 Å². The molecule has 4 rings (SSSR count). The minimum Gasteiger partial charge on any atom is -0.487 e. The summed E-state index contributed by atoms with van der Waals surface area (Å²) in [6.07, 6.45) is 1.57. The Kier molecular flexibility index (Phi) is 5.64. The second-order valence-corrected chi connectivity index (χ2v) is 7.74. The van der Waals surface area contributed by atoms with Crippen molar-refractivity contribution < 1.29 is 19.3 Å². The Balaban J connectivity index is 1.62. The SMILES string of the molecule is C=C(N)c1ccn(C2CC(Oc3ccc(F)c4c3CNCC4)C(O)C2O)c1N=CC. The quantitative estimate of drug-likeness (QED) is 0.561. The molecule has 0 radical (unpaired) electrons. The zero-order chi connectivity index (χ0) is 21.4. The maximum absolute atomic E-state index is 14.2. The molecule has 8 heteroatoms. The van der Waals surface area contributed by atoms with E-state index in [1.165, 1.54) is 6.07 Å². The number of fused-ring (bicyclic) bond motifs is 1. The van der Waals surface area contributed by atoms with Gasteiger partial charge in [0.2, 0.25) is 0 Å². The van der Waals surface area contributed by atoms with E-state index in [1.807, 2.05) is 0 Å². The lowest BCUT2D eigenvalue weighted by atomic mass is 9.99. The van der Waals surface area contributed by atoms with E-state index in [-0.39, 0.29) is 5.82 Å². The van der Waals surface area contributed by atoms with Crippen LogP contribution >= 0.6 is 0 Å². The van der Waals surface area contributed by atoms with Crippen molar-refractivity contribution in [3.63, 3.8) is 0 Å². The first-order valence-corrected chi connectivity index (χ1v) is 10.1. The zero-order valence-electron chi connectivity index (χ0n) is 16.9. The van der Waals surface area contributed by atoms with E-state index in [0.717, 1.165) is 5.56 Å². The smallest absolute Gasteiger partial charge is 0.141 e. The lowest BCUT2D eigenvalue weighted by molar-refractivity contribution is -0.0168. The fraction of sp³-hybridized carbons (Fsp3) is 0.409. The number of ether oxygens (including phenoxy) is 1. The molecule has 2 heterocycles. The molecule has 1 saturated carbocycles. The molecule has 0 saturated heterocycles. The Morgan fingerprint density at radius 2 is 2.13 bits per heavy atom. The second kappa shape index (κ2) is 8.22. The van der Waals surface area contributed by atoms with Crippen LogP contribution in [-0.2, 0) is 13.0 Å². The van der Waals surface area contributed by atoms with Gasteiger partial charge in [0.25, 0.3) is 0 Å². The van der Waals surface area contributed by atoms with Crippen molar-refractivity contribution in [2.24, 2.45) is 10.7 Å². The minimum atomic E-state index is -1.10. The summed E-state index contributed by atoms with van der Waals surface area (Å²) >= 11 is 0. The number of aliphatic hydroxyl groups is 2. The van der Waals surface area contributed by atoms with Gasteiger partial charge < -0.3 is 30.6 Å². The van der Waals surface area contributed by atoms with E-state index in [4.69, 9.17) is 10.5 Å². The van der Waals surface area contributed by atoms with E-state index in [9.17, 15) is 14.6 Å². The molecule has 1 aliphatic carbocycles. The van der Waals surface area contributed by atoms with Crippen LogP contribution in [0.4, 0.5) is 10.2 Å². The van der Waals surface area contributed by atoms with Gasteiger partial charge in [-0.15, -0.1) is 0 Å². The minimum absolute atomic E-state index is 0.243. The highest BCUT2D eigenvalue weighted by atomic mass is 19.1. The number of rotatable bonds is 5. The molecule has 4 atom stereocenters. The third-order valence-electron chi connectivity index (χ3n) is 5.90. The number of nitrogens with one attached hydrogen (secondary N) is 1. The molecule has 160 valence electrons. The number of hydrogen-bond donors (Lipinski definition) is 4. The molecule has 2 aromatic rings. The van der Waals surface area contributed by atoms with Crippen LogP contribution in [0.15, 0.2) is 36.0 Å². The van der Waals surface area contributed by atoms with Crippen LogP contribution in [0.2, 0.25) is 0 Å². The molecular weight excluding hydrogens is 387 g/mol. The van der Waals surface area contributed by atoms with Crippen LogP contribution in [0, 0.1) is 5.82 Å². The van der Waals surface area contributed by atoms with Crippen molar-refractivity contribution in [3.8, 4) is 5.75 Å². The standard InChI is InChI=1S/C22H27FN4O3/c1-3-26-22-13(12(2)24)7-9-27(22)17-10-19(21(29)20(17)28)30-18-5-4-16(23)14-6-8-25-11-15(14)18/h3-5,7,9,17,19-21,25,28-29H,2,6,8,10-11,24H2,1H3. The highest BCUT2D eigenvalue weighted by Crippen LogP contribution is 2.39. The van der Waals surface area contributed by atoms with Crippen molar-refractivity contribution in [1.29, 1.82) is 0 Å². The van der Waals surface area contributed by atoms with E-state index in [1.54, 1.807) is 36.0 Å². The monoisotopic (exact) mass is 414 g/mol. The first-order valence-electron chi connectivity index (χ1n) is 10.1. The van der Waals surface area contributed by atoms with E-state index < -0.39 is 24.4 Å². The fourth-order valence-corrected chi connectivity index (χ4v) is 4.38. The summed E-state index contributed by atoms with van der Waals surface area (Å²) in [5.41, 5.74) is 8.34. The number of halogens is 1. The van der Waals surface area contributed by atoms with Gasteiger partial charge in [-0.05, 0) is 43.7 Å². The number of nitrogens with two attached hydrogens (primary N) is 1. The lowest BCUT2D eigenvalue weighted by Gasteiger charge is -2.24. The summed E-state index contributed by atoms with van der Waals surface area (Å²) in [6.45, 7) is 6.79. The van der Waals surface area contributed by atoms with Gasteiger partial charge in [0.15, 0.2) is 0 Å². The molecule has 5 N–H and O–H groups in total. The van der Waals surface area contributed by atoms with Crippen LogP contribution in [-0.4, -0.2) is 45.9 Å². The van der Waals surface area contributed by atoms with E-state index in [0.29, 0.717) is 54.3 Å². The number of nitrogens with zero attached hydrogens (tertiary/aromatic N) is 2. The van der Waals surface area contributed by atoms with Crippen LogP contribution in [0.3, 0.4) is 0 Å². The summed E-state index contributed by atoms with van der Waals surface area (Å²) in [4.78, 5) is 4.38. The number of benzene rings is 1. The van der Waals surface area contributed by atoms with E-state index in [2.05, 4.69) is 16.9 Å². The van der Waals surface area contributed by atoms with Crippen molar-refractivity contribution >= 4 is 17.7 Å². The largest absolute Gasteiger partial charge is 0.487 e. The van der Waals surface area contributed by atoms with Crippen LogP contribution < -0.4 is 15.8 Å². The van der Waals surface area contributed by atoms with Crippen molar-refractivity contribution in [2.75, 3.05) is 6.54 Å². The second-order valence-electron chi connectivity index (χ2n) is 7.74. The Labute approximate surface area is 174 Å². The molecule has 4 unspecified atom stereocenters. The maximum Gasteiger partial charge on any atom is 0.141 e. The van der Waals surface area contributed by atoms with Crippen molar-refractivity contribution in [3.05, 3.63) is 53.5 Å². The zero-order valence-corrected chi connectivity index (χ0v) is 16.9. The number of hydrogen-bond acceptors (Lipinski definition) is 6. The van der Waals surface area contributed by atoms with E-state index >= 15 is 0 Å². The van der Waals surface area contributed by atoms with Gasteiger partial charge in [-0.3, -0.25) is 0 Å². The molecule has 7 nitrogen and oxygen atoms in total. The summed E-state index contributed by atoms with van der Waals surface area (Å²) in [5, 5.41) is 24.7. The molecule has 2 aliphatic rings. The van der Waals surface area contributed by atoms with Crippen LogP contribution in [0.5, 0.6) is 5.75 Å². The summed E-state index contributed by atoms with van der Waals surface area (Å²) in [5.74, 6) is 0.865. The first-order chi connectivity index (χ1) is 14.4. The van der Waals surface area contributed by atoms with Crippen molar-refractivity contribution in [2.45, 2.75) is 50.7 Å². The van der Waals surface area contributed by atoms with Gasteiger partial charge in [0.05, 0.1) is 6.04 Å². The summed E-state index contributed by atoms with van der Waals surface area (Å²) < 4.78 is 22.1. The predicted molar refractivity (Wildman–Crippen MR) is 113 cm³/mol. The van der Waals surface area contributed by atoms with Crippen LogP contribution in [0.25, 0.3) is 5.70 Å². The molecule has 0 amide bonds. The Bertz CT molecular complexity index is 987. The number of aliphatic imine (C=N–C) groups is 1. The summed E-state index contributed by atoms with van der Waals surface area (Å²) in [6, 6.07) is 4.33. The maximum atomic E-state index is 14.2. The van der Waals surface area contributed by atoms with Crippen molar-refractivity contribution in [1.82, 2.24) is 9.88 Å². The fourth-order valence-electron chi connectivity index (χ4n) is 4.38. The Morgan fingerprint density at radius 1 is 1.33 bits per heavy atom. The Morgan fingerprint density at radius 3 is 2.87 bits per heavy atom. The van der Waals surface area contributed by atoms with Gasteiger partial charge in [0.1, 0.15) is 35.7 Å². The topological polar surface area (TPSA) is 105 Å². The highest BCUT2D eigenvalue weighted by Gasteiger charge is 2.45.